The Morgan fingerprint density at radius 2 is 1.70 bits per heavy atom. The maximum absolute atomic E-state index is 11.7. The number of thioether (sulfide) groups is 1. The molecule has 2 amide bonds. The fraction of sp³-hybridized carbons (Fsp3) is 0.250. The van der Waals surface area contributed by atoms with Crippen LogP contribution in [0.15, 0.2) is 47.4 Å². The fourth-order valence-corrected chi connectivity index (χ4v) is 3.87. The van der Waals surface area contributed by atoms with Crippen LogP contribution in [0.4, 0.5) is 16.3 Å². The van der Waals surface area contributed by atoms with E-state index >= 15 is 0 Å². The molecule has 0 bridgehead atoms. The number of nitrogens with one attached hydrogen (secondary N) is 1. The first-order valence-corrected chi connectivity index (χ1v) is 9.69. The standard InChI is InChI=1S/C20H20N4O2S/c1-14-5-7-16(8-6-14)23-9-11-24(12-10-23)18-4-2-3-15(21-18)13-17-19(25)22-20(26)27-17/h2-8,13H,9-12H2,1H3,(H,22,25,26)/b17-13-. The van der Waals surface area contributed by atoms with Crippen molar-refractivity contribution in [2.24, 2.45) is 0 Å². The number of amides is 2. The molecule has 1 aromatic carbocycles. The van der Waals surface area contributed by atoms with E-state index in [4.69, 9.17) is 0 Å². The summed E-state index contributed by atoms with van der Waals surface area (Å²) in [6.45, 7) is 5.73. The Hall–Kier alpha value is -2.80. The van der Waals surface area contributed by atoms with Crippen molar-refractivity contribution in [1.82, 2.24) is 10.3 Å². The highest BCUT2D eigenvalue weighted by molar-refractivity contribution is 8.18. The predicted octanol–water partition coefficient (Wildman–Crippen LogP) is 3.04. The van der Waals surface area contributed by atoms with Gasteiger partial charge in [0.25, 0.3) is 11.1 Å². The molecule has 1 N–H and O–H groups in total. The van der Waals surface area contributed by atoms with Crippen LogP contribution in [0.2, 0.25) is 0 Å². The highest BCUT2D eigenvalue weighted by Gasteiger charge is 2.25. The summed E-state index contributed by atoms with van der Waals surface area (Å²) in [5, 5.41) is 1.92. The Morgan fingerprint density at radius 1 is 1.00 bits per heavy atom. The lowest BCUT2D eigenvalue weighted by molar-refractivity contribution is -0.115. The maximum Gasteiger partial charge on any atom is 0.290 e. The van der Waals surface area contributed by atoms with E-state index in [-0.39, 0.29) is 11.1 Å². The summed E-state index contributed by atoms with van der Waals surface area (Å²) in [6.07, 6.45) is 1.66. The minimum atomic E-state index is -0.357. The smallest absolute Gasteiger partial charge is 0.290 e. The molecule has 2 aromatic rings. The quantitative estimate of drug-likeness (QED) is 0.826. The first-order chi connectivity index (χ1) is 13.1. The minimum absolute atomic E-state index is 0.338. The largest absolute Gasteiger partial charge is 0.368 e. The summed E-state index contributed by atoms with van der Waals surface area (Å²) in [7, 11) is 0. The molecule has 0 saturated carbocycles. The molecule has 1 aromatic heterocycles. The Bertz CT molecular complexity index is 902. The molecule has 2 saturated heterocycles. The third-order valence-corrected chi connectivity index (χ3v) is 5.49. The SMILES string of the molecule is Cc1ccc(N2CCN(c3cccc(/C=C4\SC(=O)NC4=O)n3)CC2)cc1. The van der Waals surface area contributed by atoms with Gasteiger partial charge in [0.2, 0.25) is 0 Å². The summed E-state index contributed by atoms with van der Waals surface area (Å²) in [5.41, 5.74) is 3.20. The topological polar surface area (TPSA) is 65.5 Å². The van der Waals surface area contributed by atoms with Gasteiger partial charge in [-0.2, -0.15) is 0 Å². The Morgan fingerprint density at radius 3 is 2.37 bits per heavy atom. The van der Waals surface area contributed by atoms with Crippen LogP contribution < -0.4 is 15.1 Å². The predicted molar refractivity (Wildman–Crippen MR) is 109 cm³/mol. The second kappa shape index (κ2) is 7.44. The Labute approximate surface area is 162 Å². The van der Waals surface area contributed by atoms with Crippen molar-refractivity contribution < 1.29 is 9.59 Å². The molecule has 7 heteroatoms. The summed E-state index contributed by atoms with van der Waals surface area (Å²) in [6, 6.07) is 14.4. The van der Waals surface area contributed by atoms with Crippen LogP contribution in [0.1, 0.15) is 11.3 Å². The van der Waals surface area contributed by atoms with Gasteiger partial charge in [0, 0.05) is 31.9 Å². The maximum atomic E-state index is 11.7. The molecule has 0 spiro atoms. The van der Waals surface area contributed by atoms with E-state index in [2.05, 4.69) is 51.3 Å². The normalized spacial score (nSPS) is 18.9. The van der Waals surface area contributed by atoms with Crippen molar-refractivity contribution in [3.63, 3.8) is 0 Å². The molecule has 4 rings (SSSR count). The average Bonchev–Trinajstić information content (AvgIpc) is 3.00. The van der Waals surface area contributed by atoms with Gasteiger partial charge < -0.3 is 9.80 Å². The molecule has 0 aliphatic carbocycles. The van der Waals surface area contributed by atoms with Crippen molar-refractivity contribution in [2.75, 3.05) is 36.0 Å². The number of pyridine rings is 1. The minimum Gasteiger partial charge on any atom is -0.368 e. The van der Waals surface area contributed by atoms with Crippen molar-refractivity contribution in [3.8, 4) is 0 Å². The molecular weight excluding hydrogens is 360 g/mol. The van der Waals surface area contributed by atoms with Crippen LogP contribution in [0, 0.1) is 6.92 Å². The lowest BCUT2D eigenvalue weighted by Gasteiger charge is -2.36. The lowest BCUT2D eigenvalue weighted by atomic mass is 10.2. The number of benzene rings is 1. The number of aryl methyl sites for hydroxylation is 1. The molecule has 27 heavy (non-hydrogen) atoms. The number of nitrogens with zero attached hydrogens (tertiary/aromatic N) is 3. The monoisotopic (exact) mass is 380 g/mol. The van der Waals surface area contributed by atoms with E-state index in [1.165, 1.54) is 11.3 Å². The first-order valence-electron chi connectivity index (χ1n) is 8.87. The highest BCUT2D eigenvalue weighted by atomic mass is 32.2. The summed E-state index contributed by atoms with van der Waals surface area (Å²) in [5.74, 6) is 0.534. The van der Waals surface area contributed by atoms with Gasteiger partial charge in [0.1, 0.15) is 5.82 Å². The molecule has 2 aliphatic heterocycles. The first kappa shape index (κ1) is 17.6. The van der Waals surface area contributed by atoms with E-state index in [1.54, 1.807) is 6.08 Å². The number of hydrogen-bond acceptors (Lipinski definition) is 6. The van der Waals surface area contributed by atoms with Crippen molar-refractivity contribution in [2.45, 2.75) is 6.92 Å². The molecule has 2 fully saturated rings. The van der Waals surface area contributed by atoms with Gasteiger partial charge in [-0.15, -0.1) is 0 Å². The van der Waals surface area contributed by atoms with E-state index in [0.29, 0.717) is 10.6 Å². The van der Waals surface area contributed by atoms with Crippen molar-refractivity contribution in [1.29, 1.82) is 0 Å². The Kier molecular flexibility index (Phi) is 4.85. The lowest BCUT2D eigenvalue weighted by Crippen LogP contribution is -2.46. The highest BCUT2D eigenvalue weighted by Crippen LogP contribution is 2.26. The van der Waals surface area contributed by atoms with Gasteiger partial charge in [-0.1, -0.05) is 23.8 Å². The molecular formula is C20H20N4O2S. The number of piperazine rings is 1. The molecule has 2 aliphatic rings. The van der Waals surface area contributed by atoms with E-state index < -0.39 is 0 Å². The van der Waals surface area contributed by atoms with E-state index in [1.807, 2.05) is 18.2 Å². The second-order valence-corrected chi connectivity index (χ2v) is 7.60. The molecule has 3 heterocycles. The van der Waals surface area contributed by atoms with Crippen LogP contribution in [0.25, 0.3) is 6.08 Å². The summed E-state index contributed by atoms with van der Waals surface area (Å²) >= 11 is 0.910. The van der Waals surface area contributed by atoms with E-state index in [0.717, 1.165) is 43.8 Å². The third-order valence-electron chi connectivity index (χ3n) is 4.68. The van der Waals surface area contributed by atoms with Gasteiger partial charge in [-0.05, 0) is 49.0 Å². The van der Waals surface area contributed by atoms with Crippen molar-refractivity contribution >= 4 is 40.5 Å². The van der Waals surface area contributed by atoms with Gasteiger partial charge in [0.15, 0.2) is 0 Å². The molecule has 0 unspecified atom stereocenters. The molecule has 138 valence electrons. The molecule has 0 radical (unpaired) electrons. The average molecular weight is 380 g/mol. The zero-order valence-corrected chi connectivity index (χ0v) is 15.8. The number of carbonyl (C=O) groups excluding carboxylic acids is 2. The zero-order chi connectivity index (χ0) is 18.8. The number of hydrogen-bond donors (Lipinski definition) is 1. The number of rotatable bonds is 3. The van der Waals surface area contributed by atoms with E-state index in [9.17, 15) is 9.59 Å². The number of anilines is 2. The molecule has 0 atom stereocenters. The summed E-state index contributed by atoms with van der Waals surface area (Å²) in [4.78, 5) is 32.7. The fourth-order valence-electron chi connectivity index (χ4n) is 3.20. The number of carbonyl (C=O) groups is 2. The van der Waals surface area contributed by atoms with Gasteiger partial charge >= 0.3 is 0 Å². The summed E-state index contributed by atoms with van der Waals surface area (Å²) < 4.78 is 0. The van der Waals surface area contributed by atoms with Crippen LogP contribution in [0.5, 0.6) is 0 Å². The van der Waals surface area contributed by atoms with Crippen molar-refractivity contribution in [3.05, 3.63) is 58.6 Å². The van der Waals surface area contributed by atoms with Crippen LogP contribution >= 0.6 is 11.8 Å². The van der Waals surface area contributed by atoms with Crippen LogP contribution in [0.3, 0.4) is 0 Å². The molecule has 6 nitrogen and oxygen atoms in total. The third kappa shape index (κ3) is 3.98. The number of imide groups is 1. The number of aromatic nitrogens is 1. The van der Waals surface area contributed by atoms with Gasteiger partial charge in [-0.3, -0.25) is 14.9 Å². The zero-order valence-electron chi connectivity index (χ0n) is 15.0. The van der Waals surface area contributed by atoms with Gasteiger partial charge in [-0.25, -0.2) is 4.98 Å². The van der Waals surface area contributed by atoms with Crippen LogP contribution in [-0.2, 0) is 4.79 Å². The Balaban J connectivity index is 1.44. The van der Waals surface area contributed by atoms with Gasteiger partial charge in [0.05, 0.1) is 10.6 Å². The van der Waals surface area contributed by atoms with Crippen LogP contribution in [-0.4, -0.2) is 42.3 Å². The second-order valence-electron chi connectivity index (χ2n) is 6.58.